The second-order valence-corrected chi connectivity index (χ2v) is 4.98. The summed E-state index contributed by atoms with van der Waals surface area (Å²) < 4.78 is 0. The first-order valence-corrected chi connectivity index (χ1v) is 5.47. The number of nitrogens with one attached hydrogen (secondary N) is 2. The molecule has 1 aromatic rings. The summed E-state index contributed by atoms with van der Waals surface area (Å²) >= 11 is 0. The van der Waals surface area contributed by atoms with E-state index in [1.165, 1.54) is 6.07 Å². The first-order chi connectivity index (χ1) is 7.84. The lowest BCUT2D eigenvalue weighted by atomic mass is 9.87. The van der Waals surface area contributed by atoms with Crippen LogP contribution in [0.3, 0.4) is 0 Å². The van der Waals surface area contributed by atoms with Crippen LogP contribution in [0.1, 0.15) is 31.3 Å². The van der Waals surface area contributed by atoms with Crippen LogP contribution in [0.2, 0.25) is 0 Å². The van der Waals surface area contributed by atoms with Crippen molar-refractivity contribution >= 4 is 5.91 Å². The summed E-state index contributed by atoms with van der Waals surface area (Å²) in [6.07, 6.45) is 1.69. The Kier molecular flexibility index (Phi) is 3.89. The molecule has 0 aliphatic carbocycles. The number of hydrogen-bond donors (Lipinski definition) is 2. The molecule has 4 heteroatoms. The minimum Gasteiger partial charge on any atom is -0.344 e. The highest BCUT2D eigenvalue weighted by atomic mass is 16.2. The van der Waals surface area contributed by atoms with Crippen LogP contribution in [-0.2, 0) is 0 Å². The van der Waals surface area contributed by atoms with Crippen molar-refractivity contribution in [2.45, 2.75) is 26.8 Å². The van der Waals surface area contributed by atoms with Gasteiger partial charge in [0.15, 0.2) is 0 Å². The van der Waals surface area contributed by atoms with Gasteiger partial charge in [-0.1, -0.05) is 32.9 Å². The number of rotatable bonds is 3. The lowest BCUT2D eigenvalue weighted by Gasteiger charge is -2.28. The van der Waals surface area contributed by atoms with Gasteiger partial charge >= 0.3 is 0 Å². The van der Waals surface area contributed by atoms with Crippen molar-refractivity contribution in [3.05, 3.63) is 46.9 Å². The van der Waals surface area contributed by atoms with Crippen LogP contribution in [0.5, 0.6) is 0 Å². The molecular weight excluding hydrogens is 216 g/mol. The highest BCUT2D eigenvalue weighted by Gasteiger charge is 2.23. The first kappa shape index (κ1) is 13.2. The summed E-state index contributed by atoms with van der Waals surface area (Å²) in [6, 6.07) is 4.33. The molecule has 17 heavy (non-hydrogen) atoms. The van der Waals surface area contributed by atoms with Gasteiger partial charge in [0.1, 0.15) is 5.69 Å². The van der Waals surface area contributed by atoms with Crippen molar-refractivity contribution in [3.8, 4) is 0 Å². The van der Waals surface area contributed by atoms with Crippen molar-refractivity contribution in [2.24, 2.45) is 5.41 Å². The third-order valence-electron chi connectivity index (χ3n) is 2.47. The van der Waals surface area contributed by atoms with E-state index in [4.69, 9.17) is 0 Å². The number of H-pyrrole nitrogens is 1. The summed E-state index contributed by atoms with van der Waals surface area (Å²) in [6.45, 7) is 9.73. The Bertz CT molecular complexity index is 469. The van der Waals surface area contributed by atoms with E-state index < -0.39 is 0 Å². The van der Waals surface area contributed by atoms with Gasteiger partial charge < -0.3 is 10.3 Å². The minimum absolute atomic E-state index is 0.119. The molecule has 1 rings (SSSR count). The minimum atomic E-state index is -0.303. The molecule has 1 atom stereocenters. The van der Waals surface area contributed by atoms with Crippen LogP contribution < -0.4 is 10.9 Å². The van der Waals surface area contributed by atoms with Gasteiger partial charge in [-0.05, 0) is 11.5 Å². The third-order valence-corrected chi connectivity index (χ3v) is 2.47. The van der Waals surface area contributed by atoms with E-state index >= 15 is 0 Å². The van der Waals surface area contributed by atoms with Gasteiger partial charge in [-0.2, -0.15) is 0 Å². The molecule has 0 saturated carbocycles. The third kappa shape index (κ3) is 3.59. The maximum Gasteiger partial charge on any atom is 0.268 e. The zero-order valence-corrected chi connectivity index (χ0v) is 10.4. The zero-order valence-electron chi connectivity index (χ0n) is 10.4. The molecule has 1 amide bonds. The summed E-state index contributed by atoms with van der Waals surface area (Å²) in [5.74, 6) is -0.303. The lowest BCUT2D eigenvalue weighted by Crippen LogP contribution is -2.42. The Morgan fingerprint density at radius 2 is 2.12 bits per heavy atom. The van der Waals surface area contributed by atoms with Gasteiger partial charge in [0.25, 0.3) is 5.91 Å². The average Bonchev–Trinajstić information content (AvgIpc) is 2.23. The predicted octanol–water partition coefficient (Wildman–Crippen LogP) is 1.71. The smallest absolute Gasteiger partial charge is 0.268 e. The topological polar surface area (TPSA) is 62.0 Å². The Hall–Kier alpha value is -1.84. The van der Waals surface area contributed by atoms with E-state index in [-0.39, 0.29) is 28.6 Å². The zero-order chi connectivity index (χ0) is 13.1. The van der Waals surface area contributed by atoms with E-state index in [1.54, 1.807) is 18.2 Å². The molecule has 0 radical (unpaired) electrons. The Morgan fingerprint density at radius 3 is 2.59 bits per heavy atom. The van der Waals surface area contributed by atoms with Crippen LogP contribution in [0.15, 0.2) is 35.6 Å². The summed E-state index contributed by atoms with van der Waals surface area (Å²) in [5.41, 5.74) is -0.149. The fourth-order valence-corrected chi connectivity index (χ4v) is 1.43. The first-order valence-electron chi connectivity index (χ1n) is 5.47. The fraction of sp³-hybridized carbons (Fsp3) is 0.385. The van der Waals surface area contributed by atoms with E-state index in [9.17, 15) is 9.59 Å². The van der Waals surface area contributed by atoms with Gasteiger partial charge in [0.05, 0.1) is 6.04 Å². The molecule has 1 unspecified atom stereocenters. The second kappa shape index (κ2) is 4.99. The van der Waals surface area contributed by atoms with Gasteiger partial charge in [0, 0.05) is 6.07 Å². The second-order valence-electron chi connectivity index (χ2n) is 4.98. The number of carbonyl (C=O) groups is 1. The van der Waals surface area contributed by atoms with Crippen LogP contribution in [0.25, 0.3) is 0 Å². The molecule has 0 aliphatic heterocycles. The normalized spacial score (nSPS) is 12.9. The van der Waals surface area contributed by atoms with Crippen molar-refractivity contribution in [3.63, 3.8) is 0 Å². The highest BCUT2D eigenvalue weighted by Crippen LogP contribution is 2.19. The van der Waals surface area contributed by atoms with Gasteiger partial charge in [-0.3, -0.25) is 9.59 Å². The highest BCUT2D eigenvalue weighted by molar-refractivity contribution is 5.92. The maximum atomic E-state index is 11.9. The number of carbonyl (C=O) groups excluding carboxylic acids is 1. The molecule has 1 heterocycles. The molecule has 0 spiro atoms. The van der Waals surface area contributed by atoms with E-state index in [0.29, 0.717) is 0 Å². The Balaban J connectivity index is 2.86. The van der Waals surface area contributed by atoms with Gasteiger partial charge in [0.2, 0.25) is 5.56 Å². The molecule has 1 aromatic heterocycles. The summed E-state index contributed by atoms with van der Waals surface area (Å²) in [4.78, 5) is 25.5. The molecule has 0 bridgehead atoms. The van der Waals surface area contributed by atoms with E-state index in [1.807, 2.05) is 20.8 Å². The van der Waals surface area contributed by atoms with Gasteiger partial charge in [-0.25, -0.2) is 0 Å². The molecule has 4 nitrogen and oxygen atoms in total. The molecule has 2 N–H and O–H groups in total. The molecule has 0 fully saturated rings. The quantitative estimate of drug-likeness (QED) is 0.782. The van der Waals surface area contributed by atoms with Crippen LogP contribution in [0, 0.1) is 5.41 Å². The molecular formula is C13H18N2O2. The molecule has 92 valence electrons. The number of hydrogen-bond acceptors (Lipinski definition) is 2. The van der Waals surface area contributed by atoms with Crippen molar-refractivity contribution in [1.29, 1.82) is 0 Å². The van der Waals surface area contributed by atoms with E-state index in [0.717, 1.165) is 0 Å². The molecule has 0 aromatic carbocycles. The van der Waals surface area contributed by atoms with Crippen LogP contribution in [0.4, 0.5) is 0 Å². The molecule has 0 aliphatic rings. The van der Waals surface area contributed by atoms with Gasteiger partial charge in [-0.15, -0.1) is 6.58 Å². The lowest BCUT2D eigenvalue weighted by molar-refractivity contribution is 0.0914. The van der Waals surface area contributed by atoms with E-state index in [2.05, 4.69) is 16.9 Å². The van der Waals surface area contributed by atoms with Crippen molar-refractivity contribution in [1.82, 2.24) is 10.3 Å². The summed E-state index contributed by atoms with van der Waals surface area (Å²) in [5, 5.41) is 2.82. The fourth-order valence-electron chi connectivity index (χ4n) is 1.43. The monoisotopic (exact) mass is 234 g/mol. The van der Waals surface area contributed by atoms with Crippen molar-refractivity contribution < 1.29 is 4.79 Å². The molecule has 0 saturated heterocycles. The summed E-state index contributed by atoms with van der Waals surface area (Å²) in [7, 11) is 0. The standard InChI is InChI=1S/C13H18N2O2/c1-5-10(13(2,3)4)15-12(17)9-7-6-8-11(16)14-9/h5-8,10H,1H2,2-4H3,(H,14,16)(H,15,17). The van der Waals surface area contributed by atoms with Crippen LogP contribution in [-0.4, -0.2) is 16.9 Å². The predicted molar refractivity (Wildman–Crippen MR) is 68.0 cm³/mol. The Labute approximate surface area is 101 Å². The van der Waals surface area contributed by atoms with Crippen molar-refractivity contribution in [2.75, 3.05) is 0 Å². The largest absolute Gasteiger partial charge is 0.344 e. The maximum absolute atomic E-state index is 11.9. The Morgan fingerprint density at radius 1 is 1.47 bits per heavy atom. The number of pyridine rings is 1. The average molecular weight is 234 g/mol. The number of aromatic amines is 1. The SMILES string of the molecule is C=CC(NC(=O)c1cccc(=O)[nH]1)C(C)(C)C. The van der Waals surface area contributed by atoms with Crippen LogP contribution >= 0.6 is 0 Å². The number of amides is 1. The number of aromatic nitrogens is 1.